The molecule has 0 aliphatic heterocycles. The zero-order valence-electron chi connectivity index (χ0n) is 9.74. The number of benzene rings is 1. The van der Waals surface area contributed by atoms with Gasteiger partial charge in [-0.3, -0.25) is 0 Å². The number of hydrogen-bond donors (Lipinski definition) is 1. The average Bonchev–Trinajstić information content (AvgIpc) is 2.13. The molecule has 0 fully saturated rings. The fraction of sp³-hybridized carbons (Fsp3) is 0.455. The molecule has 0 heterocycles. The average molecular weight is 281 g/mol. The van der Waals surface area contributed by atoms with Crippen LogP contribution in [0.5, 0.6) is 0 Å². The quantitative estimate of drug-likeness (QED) is 0.912. The predicted molar refractivity (Wildman–Crippen MR) is 62.8 cm³/mol. The first-order valence-corrected chi connectivity index (χ1v) is 7.23. The predicted octanol–water partition coefficient (Wildman–Crippen LogP) is 1.62. The summed E-state index contributed by atoms with van der Waals surface area (Å²) in [4.78, 5) is 0. The van der Waals surface area contributed by atoms with Crippen molar-refractivity contribution < 1.29 is 21.6 Å². The summed E-state index contributed by atoms with van der Waals surface area (Å²) in [5.41, 5.74) is 5.21. The fourth-order valence-electron chi connectivity index (χ4n) is 1.63. The summed E-state index contributed by atoms with van der Waals surface area (Å²) in [6, 6.07) is 4.03. The molecule has 3 nitrogen and oxygen atoms in total. The van der Waals surface area contributed by atoms with Gasteiger partial charge in [0.25, 0.3) is 0 Å². The molecule has 0 saturated carbocycles. The van der Waals surface area contributed by atoms with Crippen molar-refractivity contribution in [2.45, 2.75) is 18.6 Å². The molecule has 0 radical (unpaired) electrons. The van der Waals surface area contributed by atoms with E-state index in [-0.39, 0.29) is 12.2 Å². The van der Waals surface area contributed by atoms with Gasteiger partial charge in [0.1, 0.15) is 9.84 Å². The first-order valence-electron chi connectivity index (χ1n) is 5.17. The van der Waals surface area contributed by atoms with E-state index >= 15 is 0 Å². The molecule has 0 aliphatic rings. The van der Waals surface area contributed by atoms with Gasteiger partial charge in [-0.25, -0.2) is 8.42 Å². The SMILES string of the molecule is CS(=O)(=O)CC(N)Cc1cccc(C(F)(F)F)c1. The van der Waals surface area contributed by atoms with Crippen molar-refractivity contribution in [3.05, 3.63) is 35.4 Å². The lowest BCUT2D eigenvalue weighted by atomic mass is 10.0. The summed E-state index contributed by atoms with van der Waals surface area (Å²) in [6.07, 6.45) is -3.27. The van der Waals surface area contributed by atoms with Crippen molar-refractivity contribution in [2.75, 3.05) is 12.0 Å². The number of sulfone groups is 1. The molecule has 0 amide bonds. The Bertz CT molecular complexity index is 511. The Kier molecular flexibility index (Phi) is 4.39. The molecule has 7 heteroatoms. The van der Waals surface area contributed by atoms with E-state index in [0.717, 1.165) is 18.4 Å². The minimum Gasteiger partial charge on any atom is -0.326 e. The van der Waals surface area contributed by atoms with Crippen molar-refractivity contribution in [3.8, 4) is 0 Å². The number of nitrogens with two attached hydrogens (primary N) is 1. The van der Waals surface area contributed by atoms with E-state index < -0.39 is 27.6 Å². The fourth-order valence-corrected chi connectivity index (χ4v) is 2.52. The Morgan fingerprint density at radius 2 is 1.94 bits per heavy atom. The molecule has 0 bridgehead atoms. The highest BCUT2D eigenvalue weighted by Gasteiger charge is 2.30. The zero-order chi connectivity index (χ0) is 14.0. The summed E-state index contributed by atoms with van der Waals surface area (Å²) in [7, 11) is -3.23. The normalized spacial score (nSPS) is 14.5. The first-order chi connectivity index (χ1) is 8.08. The molecule has 18 heavy (non-hydrogen) atoms. The van der Waals surface area contributed by atoms with Crippen LogP contribution in [0.3, 0.4) is 0 Å². The highest BCUT2D eigenvalue weighted by Crippen LogP contribution is 2.29. The molecule has 0 aliphatic carbocycles. The third-order valence-electron chi connectivity index (χ3n) is 2.27. The lowest BCUT2D eigenvalue weighted by molar-refractivity contribution is -0.137. The van der Waals surface area contributed by atoms with Crippen LogP contribution in [-0.4, -0.2) is 26.5 Å². The van der Waals surface area contributed by atoms with Crippen LogP contribution >= 0.6 is 0 Å². The lowest BCUT2D eigenvalue weighted by Gasteiger charge is -2.12. The van der Waals surface area contributed by atoms with Gasteiger partial charge < -0.3 is 5.73 Å². The molecule has 0 spiro atoms. The summed E-state index contributed by atoms with van der Waals surface area (Å²) < 4.78 is 59.3. The molecule has 1 unspecified atom stereocenters. The number of rotatable bonds is 4. The van der Waals surface area contributed by atoms with Crippen molar-refractivity contribution in [2.24, 2.45) is 5.73 Å². The maximum Gasteiger partial charge on any atom is 0.416 e. The first kappa shape index (κ1) is 15.0. The van der Waals surface area contributed by atoms with E-state index in [1.165, 1.54) is 12.1 Å². The number of hydrogen-bond acceptors (Lipinski definition) is 3. The maximum atomic E-state index is 12.4. The largest absolute Gasteiger partial charge is 0.416 e. The second-order valence-electron chi connectivity index (χ2n) is 4.25. The van der Waals surface area contributed by atoms with Crippen molar-refractivity contribution in [1.82, 2.24) is 0 Å². The minimum absolute atomic E-state index is 0.0942. The Labute approximate surface area is 104 Å². The molecule has 1 rings (SSSR count). The summed E-state index contributed by atoms with van der Waals surface area (Å²) in [6.45, 7) is 0. The topological polar surface area (TPSA) is 60.2 Å². The van der Waals surface area contributed by atoms with Gasteiger partial charge in [-0.2, -0.15) is 13.2 Å². The third-order valence-corrected chi connectivity index (χ3v) is 3.30. The van der Waals surface area contributed by atoms with Gasteiger partial charge in [-0.1, -0.05) is 18.2 Å². The van der Waals surface area contributed by atoms with Gasteiger partial charge >= 0.3 is 6.18 Å². The standard InChI is InChI=1S/C11H14F3NO2S/c1-18(16,17)7-10(15)6-8-3-2-4-9(5-8)11(12,13)14/h2-5,10H,6-7,15H2,1H3. The van der Waals surface area contributed by atoms with Crippen LogP contribution in [0.1, 0.15) is 11.1 Å². The van der Waals surface area contributed by atoms with E-state index in [4.69, 9.17) is 5.73 Å². The molecule has 0 aromatic heterocycles. The molecule has 1 aromatic carbocycles. The van der Waals surface area contributed by atoms with Crippen LogP contribution in [0.25, 0.3) is 0 Å². The van der Waals surface area contributed by atoms with Gasteiger partial charge in [0.2, 0.25) is 0 Å². The van der Waals surface area contributed by atoms with E-state index in [9.17, 15) is 21.6 Å². The Balaban J connectivity index is 2.80. The Hall–Kier alpha value is -1.08. The van der Waals surface area contributed by atoms with Crippen LogP contribution in [0.15, 0.2) is 24.3 Å². The Morgan fingerprint density at radius 1 is 1.33 bits per heavy atom. The summed E-state index contributed by atoms with van der Waals surface area (Å²) >= 11 is 0. The van der Waals surface area contributed by atoms with Gasteiger partial charge in [-0.15, -0.1) is 0 Å². The molecule has 1 aromatic rings. The lowest BCUT2D eigenvalue weighted by Crippen LogP contribution is -2.31. The van der Waals surface area contributed by atoms with Crippen LogP contribution in [0, 0.1) is 0 Å². The van der Waals surface area contributed by atoms with Crippen LogP contribution < -0.4 is 5.73 Å². The van der Waals surface area contributed by atoms with Crippen molar-refractivity contribution >= 4 is 9.84 Å². The molecular weight excluding hydrogens is 267 g/mol. The molecular formula is C11H14F3NO2S. The highest BCUT2D eigenvalue weighted by molar-refractivity contribution is 7.90. The number of alkyl halides is 3. The molecule has 0 saturated heterocycles. The molecule has 2 N–H and O–H groups in total. The van der Waals surface area contributed by atoms with Crippen molar-refractivity contribution in [1.29, 1.82) is 0 Å². The zero-order valence-corrected chi connectivity index (χ0v) is 10.6. The maximum absolute atomic E-state index is 12.4. The minimum atomic E-state index is -4.41. The monoisotopic (exact) mass is 281 g/mol. The van der Waals surface area contributed by atoms with Crippen LogP contribution in [0.2, 0.25) is 0 Å². The van der Waals surface area contributed by atoms with Crippen LogP contribution in [0.4, 0.5) is 13.2 Å². The third kappa shape index (κ3) is 5.05. The molecule has 1 atom stereocenters. The van der Waals surface area contributed by atoms with Crippen LogP contribution in [-0.2, 0) is 22.4 Å². The van der Waals surface area contributed by atoms with E-state index in [1.807, 2.05) is 0 Å². The van der Waals surface area contributed by atoms with E-state index in [1.54, 1.807) is 0 Å². The second-order valence-corrected chi connectivity index (χ2v) is 6.44. The van der Waals surface area contributed by atoms with E-state index in [0.29, 0.717) is 5.56 Å². The van der Waals surface area contributed by atoms with Gasteiger partial charge in [0.15, 0.2) is 0 Å². The van der Waals surface area contributed by atoms with Gasteiger partial charge in [-0.05, 0) is 18.1 Å². The Morgan fingerprint density at radius 3 is 2.44 bits per heavy atom. The summed E-state index contributed by atoms with van der Waals surface area (Å²) in [5.74, 6) is -0.247. The summed E-state index contributed by atoms with van der Waals surface area (Å²) in [5, 5.41) is 0. The van der Waals surface area contributed by atoms with Gasteiger partial charge in [0, 0.05) is 12.3 Å². The highest BCUT2D eigenvalue weighted by atomic mass is 32.2. The molecule has 102 valence electrons. The van der Waals surface area contributed by atoms with E-state index in [2.05, 4.69) is 0 Å². The smallest absolute Gasteiger partial charge is 0.326 e. The van der Waals surface area contributed by atoms with Gasteiger partial charge in [0.05, 0.1) is 11.3 Å². The second kappa shape index (κ2) is 5.27. The number of halogens is 3. The van der Waals surface area contributed by atoms with Crippen molar-refractivity contribution in [3.63, 3.8) is 0 Å².